The number of amides is 1. The number of rotatable bonds is 9. The van der Waals surface area contributed by atoms with E-state index in [-0.39, 0.29) is 10.8 Å². The van der Waals surface area contributed by atoms with Crippen LogP contribution in [-0.4, -0.2) is 27.6 Å². The molecule has 0 fully saturated rings. The molecule has 0 aliphatic heterocycles. The number of methoxy groups -OCH3 is 1. The van der Waals surface area contributed by atoms with Crippen LogP contribution in [0.3, 0.4) is 0 Å². The zero-order valence-corrected chi connectivity index (χ0v) is 20.3. The van der Waals surface area contributed by atoms with Crippen LogP contribution in [0, 0.1) is 0 Å². The number of nitrogens with one attached hydrogen (secondary N) is 2. The van der Waals surface area contributed by atoms with Gasteiger partial charge in [0.05, 0.1) is 22.7 Å². The molecule has 0 atom stereocenters. The largest absolute Gasteiger partial charge is 0.493 e. The Hall–Kier alpha value is -3.37. The van der Waals surface area contributed by atoms with Gasteiger partial charge in [-0.3, -0.25) is 4.79 Å². The molecule has 0 aromatic heterocycles. The first-order valence-electron chi connectivity index (χ1n) is 9.75. The Morgan fingerprint density at radius 3 is 2.42 bits per heavy atom. The van der Waals surface area contributed by atoms with Gasteiger partial charge in [0.25, 0.3) is 10.0 Å². The van der Waals surface area contributed by atoms with Crippen LogP contribution in [-0.2, 0) is 21.4 Å². The summed E-state index contributed by atoms with van der Waals surface area (Å²) in [5, 5.41) is 6.43. The van der Waals surface area contributed by atoms with E-state index in [4.69, 9.17) is 9.47 Å². The number of nitrogens with zero attached hydrogens (tertiary/aromatic N) is 1. The molecule has 0 bridgehead atoms. The molecule has 0 unspecified atom stereocenters. The summed E-state index contributed by atoms with van der Waals surface area (Å²) in [7, 11) is -2.36. The normalized spacial score (nSPS) is 11.2. The van der Waals surface area contributed by atoms with Gasteiger partial charge in [0.2, 0.25) is 5.91 Å². The van der Waals surface area contributed by atoms with Crippen molar-refractivity contribution in [3.05, 3.63) is 82.3 Å². The lowest BCUT2D eigenvalue weighted by Gasteiger charge is -2.13. The SMILES string of the molecule is COc1cc(/C=N\NS(=O)(=O)c2ccc(NC(C)=O)cc2)cc(Br)c1OCc1ccccc1. The number of carbonyl (C=O) groups excluding carboxylic acids is 1. The predicted octanol–water partition coefficient (Wildman–Crippen LogP) is 4.31. The molecule has 0 saturated heterocycles. The van der Waals surface area contributed by atoms with Crippen LogP contribution >= 0.6 is 15.9 Å². The summed E-state index contributed by atoms with van der Waals surface area (Å²) < 4.78 is 36.9. The fourth-order valence-electron chi connectivity index (χ4n) is 2.83. The number of halogens is 1. The summed E-state index contributed by atoms with van der Waals surface area (Å²) in [5.41, 5.74) is 2.10. The third-order valence-corrected chi connectivity index (χ3v) is 6.18. The number of benzene rings is 3. The molecule has 0 radical (unpaired) electrons. The van der Waals surface area contributed by atoms with E-state index in [1.165, 1.54) is 44.5 Å². The average molecular weight is 532 g/mol. The number of carbonyl (C=O) groups is 1. The van der Waals surface area contributed by atoms with Gasteiger partial charge in [0, 0.05) is 12.6 Å². The van der Waals surface area contributed by atoms with Crippen molar-refractivity contribution in [1.82, 2.24) is 4.83 Å². The molecule has 2 N–H and O–H groups in total. The van der Waals surface area contributed by atoms with Gasteiger partial charge in [0.15, 0.2) is 11.5 Å². The van der Waals surface area contributed by atoms with Gasteiger partial charge < -0.3 is 14.8 Å². The van der Waals surface area contributed by atoms with E-state index in [1.54, 1.807) is 12.1 Å². The predicted molar refractivity (Wildman–Crippen MR) is 130 cm³/mol. The highest BCUT2D eigenvalue weighted by molar-refractivity contribution is 9.10. The van der Waals surface area contributed by atoms with Crippen molar-refractivity contribution in [2.75, 3.05) is 12.4 Å². The van der Waals surface area contributed by atoms with Crippen molar-refractivity contribution >= 4 is 43.8 Å². The highest BCUT2D eigenvalue weighted by atomic mass is 79.9. The van der Waals surface area contributed by atoms with Gasteiger partial charge in [0.1, 0.15) is 6.61 Å². The molecule has 0 saturated carbocycles. The Labute approximate surface area is 200 Å². The van der Waals surface area contributed by atoms with Crippen molar-refractivity contribution in [2.45, 2.75) is 18.4 Å². The Morgan fingerprint density at radius 2 is 1.79 bits per heavy atom. The molecule has 10 heteroatoms. The summed E-state index contributed by atoms with van der Waals surface area (Å²) in [4.78, 5) is 13.3. The quantitative estimate of drug-likeness (QED) is 0.316. The lowest BCUT2D eigenvalue weighted by molar-refractivity contribution is -0.114. The highest BCUT2D eigenvalue weighted by Gasteiger charge is 2.14. The summed E-state index contributed by atoms with van der Waals surface area (Å²) in [6.45, 7) is 1.74. The molecule has 0 aliphatic rings. The number of hydrogen-bond acceptors (Lipinski definition) is 6. The molecule has 0 heterocycles. The van der Waals surface area contributed by atoms with Gasteiger partial charge in [-0.05, 0) is 63.5 Å². The van der Waals surface area contributed by atoms with Crippen LogP contribution in [0.5, 0.6) is 11.5 Å². The molecule has 3 rings (SSSR count). The maximum atomic E-state index is 12.5. The first-order valence-corrected chi connectivity index (χ1v) is 12.0. The standard InChI is InChI=1S/C23H22BrN3O5S/c1-16(28)26-19-8-10-20(11-9-19)33(29,30)27-25-14-18-12-21(24)23(22(13-18)31-2)32-15-17-6-4-3-5-7-17/h3-14,27H,15H2,1-2H3,(H,26,28)/b25-14-. The smallest absolute Gasteiger partial charge is 0.276 e. The number of sulfonamides is 1. The number of anilines is 1. The van der Waals surface area contributed by atoms with Crippen LogP contribution < -0.4 is 19.6 Å². The zero-order chi connectivity index (χ0) is 23.8. The second-order valence-corrected chi connectivity index (χ2v) is 9.38. The average Bonchev–Trinajstić information content (AvgIpc) is 2.78. The Balaban J connectivity index is 1.70. The summed E-state index contributed by atoms with van der Waals surface area (Å²) >= 11 is 3.47. The van der Waals surface area contributed by atoms with Crippen molar-refractivity contribution < 1.29 is 22.7 Å². The maximum Gasteiger partial charge on any atom is 0.276 e. The van der Waals surface area contributed by atoms with Crippen LogP contribution in [0.1, 0.15) is 18.1 Å². The van der Waals surface area contributed by atoms with Crippen molar-refractivity contribution in [1.29, 1.82) is 0 Å². The van der Waals surface area contributed by atoms with E-state index in [9.17, 15) is 13.2 Å². The van der Waals surface area contributed by atoms with E-state index in [2.05, 4.69) is 31.2 Å². The van der Waals surface area contributed by atoms with E-state index in [1.807, 2.05) is 30.3 Å². The Kier molecular flexibility index (Phi) is 8.07. The van der Waals surface area contributed by atoms with E-state index in [0.29, 0.717) is 33.8 Å². The lowest BCUT2D eigenvalue weighted by atomic mass is 10.2. The van der Waals surface area contributed by atoms with Crippen molar-refractivity contribution in [2.24, 2.45) is 5.10 Å². The molecular weight excluding hydrogens is 510 g/mol. The fraction of sp³-hybridized carbons (Fsp3) is 0.130. The Morgan fingerprint density at radius 1 is 1.09 bits per heavy atom. The number of hydrogen-bond donors (Lipinski definition) is 2. The van der Waals surface area contributed by atoms with Crippen LogP contribution in [0.25, 0.3) is 0 Å². The molecule has 172 valence electrons. The second-order valence-electron chi connectivity index (χ2n) is 6.87. The van der Waals surface area contributed by atoms with E-state index in [0.717, 1.165) is 5.56 Å². The molecule has 3 aromatic carbocycles. The molecule has 8 nitrogen and oxygen atoms in total. The van der Waals surface area contributed by atoms with Crippen LogP contribution in [0.4, 0.5) is 5.69 Å². The van der Waals surface area contributed by atoms with E-state index >= 15 is 0 Å². The third kappa shape index (κ3) is 6.80. The second kappa shape index (κ2) is 11.0. The zero-order valence-electron chi connectivity index (χ0n) is 17.9. The van der Waals surface area contributed by atoms with Crippen LogP contribution in [0.15, 0.2) is 81.2 Å². The molecular formula is C23H22BrN3O5S. The van der Waals surface area contributed by atoms with Gasteiger partial charge in [-0.2, -0.15) is 13.5 Å². The minimum Gasteiger partial charge on any atom is -0.493 e. The topological polar surface area (TPSA) is 106 Å². The monoisotopic (exact) mass is 531 g/mol. The Bertz CT molecular complexity index is 1250. The molecule has 33 heavy (non-hydrogen) atoms. The van der Waals surface area contributed by atoms with Crippen LogP contribution in [0.2, 0.25) is 0 Å². The first kappa shape index (κ1) is 24.3. The summed E-state index contributed by atoms with van der Waals surface area (Å²) in [6.07, 6.45) is 1.36. The van der Waals surface area contributed by atoms with E-state index < -0.39 is 10.0 Å². The molecule has 1 amide bonds. The van der Waals surface area contributed by atoms with Crippen molar-refractivity contribution in [3.8, 4) is 11.5 Å². The number of hydrazone groups is 1. The van der Waals surface area contributed by atoms with Gasteiger partial charge in [-0.25, -0.2) is 4.83 Å². The fourth-order valence-corrected chi connectivity index (χ4v) is 4.19. The molecule has 3 aromatic rings. The van der Waals surface area contributed by atoms with Gasteiger partial charge >= 0.3 is 0 Å². The summed E-state index contributed by atoms with van der Waals surface area (Å²) in [6, 6.07) is 18.9. The van der Waals surface area contributed by atoms with Gasteiger partial charge in [-0.1, -0.05) is 30.3 Å². The molecule has 0 spiro atoms. The minimum atomic E-state index is -3.88. The lowest BCUT2D eigenvalue weighted by Crippen LogP contribution is -2.18. The van der Waals surface area contributed by atoms with Gasteiger partial charge in [-0.15, -0.1) is 0 Å². The maximum absolute atomic E-state index is 12.5. The minimum absolute atomic E-state index is 0.0113. The third-order valence-electron chi connectivity index (χ3n) is 4.35. The number of ether oxygens (including phenoxy) is 2. The summed E-state index contributed by atoms with van der Waals surface area (Å²) in [5.74, 6) is 0.753. The molecule has 0 aliphatic carbocycles. The highest BCUT2D eigenvalue weighted by Crippen LogP contribution is 2.36. The van der Waals surface area contributed by atoms with Crippen molar-refractivity contribution in [3.63, 3.8) is 0 Å². The first-order chi connectivity index (χ1) is 15.8.